The molecule has 0 N–H and O–H groups in total. The van der Waals surface area contributed by atoms with Crippen LogP contribution in [0.5, 0.6) is 0 Å². The van der Waals surface area contributed by atoms with E-state index >= 15 is 0 Å². The Morgan fingerprint density at radius 1 is 0.725 bits per heavy atom. The molecule has 2 atom stereocenters. The zero-order valence-electron chi connectivity index (χ0n) is 26.3. The zero-order valence-corrected chi connectivity index (χ0v) is 26.3. The highest BCUT2D eigenvalue weighted by Crippen LogP contribution is 2.12. The van der Waals surface area contributed by atoms with Gasteiger partial charge in [0.2, 0.25) is 0 Å². The van der Waals surface area contributed by atoms with Crippen molar-refractivity contribution in [3.05, 3.63) is 12.2 Å². The first-order valence-corrected chi connectivity index (χ1v) is 15.7. The molecule has 234 valence electrons. The first-order valence-electron chi connectivity index (χ1n) is 15.7. The lowest BCUT2D eigenvalue weighted by atomic mass is 10.1. The Kier molecular flexibility index (Phi) is 23.6. The number of ether oxygens (including phenoxy) is 3. The molecule has 8 heteroatoms. The van der Waals surface area contributed by atoms with E-state index in [-0.39, 0.29) is 42.7 Å². The van der Waals surface area contributed by atoms with Crippen molar-refractivity contribution < 1.29 is 38.2 Å². The van der Waals surface area contributed by atoms with Crippen LogP contribution in [0.4, 0.5) is 0 Å². The van der Waals surface area contributed by atoms with Gasteiger partial charge in [-0.25, -0.2) is 0 Å². The fraction of sp³-hybridized carbons (Fsp3) is 0.844. The molecule has 0 saturated carbocycles. The summed E-state index contributed by atoms with van der Waals surface area (Å²) >= 11 is 0. The van der Waals surface area contributed by atoms with Gasteiger partial charge in [0, 0.05) is 19.3 Å². The summed E-state index contributed by atoms with van der Waals surface area (Å²) in [4.78, 5) is 36.0. The van der Waals surface area contributed by atoms with Crippen LogP contribution in [0, 0.1) is 0 Å². The van der Waals surface area contributed by atoms with Crippen LogP contribution in [0.3, 0.4) is 0 Å². The van der Waals surface area contributed by atoms with Crippen LogP contribution in [0.1, 0.15) is 123 Å². The molecule has 0 fully saturated rings. The average molecular weight is 570 g/mol. The molecule has 40 heavy (non-hydrogen) atoms. The molecule has 2 unspecified atom stereocenters. The van der Waals surface area contributed by atoms with Gasteiger partial charge in [0.1, 0.15) is 12.6 Å². The molecule has 0 aromatic heterocycles. The SMILES string of the molecule is CCCCCC/C=C\CCCCCCCC(=O)OC(COCCC(C(=O)[O-])[N+](C)(C)C)COC(=O)CCCCC. The van der Waals surface area contributed by atoms with Crippen LogP contribution >= 0.6 is 0 Å². The maximum atomic E-state index is 12.5. The van der Waals surface area contributed by atoms with E-state index in [9.17, 15) is 19.5 Å². The van der Waals surface area contributed by atoms with Gasteiger partial charge in [0.25, 0.3) is 0 Å². The third kappa shape index (κ3) is 22.8. The summed E-state index contributed by atoms with van der Waals surface area (Å²) in [5.74, 6) is -1.78. The van der Waals surface area contributed by atoms with Crippen molar-refractivity contribution >= 4 is 17.9 Å². The van der Waals surface area contributed by atoms with Gasteiger partial charge in [-0.05, 0) is 38.5 Å². The lowest BCUT2D eigenvalue weighted by molar-refractivity contribution is -0.889. The Bertz CT molecular complexity index is 687. The van der Waals surface area contributed by atoms with E-state index in [1.54, 1.807) is 21.1 Å². The topological polar surface area (TPSA) is 102 Å². The van der Waals surface area contributed by atoms with Gasteiger partial charge in [-0.1, -0.05) is 77.4 Å². The van der Waals surface area contributed by atoms with Crippen molar-refractivity contribution in [3.8, 4) is 0 Å². The first-order chi connectivity index (χ1) is 19.1. The molecule has 0 amide bonds. The lowest BCUT2D eigenvalue weighted by Gasteiger charge is -2.34. The monoisotopic (exact) mass is 569 g/mol. The van der Waals surface area contributed by atoms with Gasteiger partial charge in [-0.15, -0.1) is 0 Å². The molecule has 0 aromatic rings. The van der Waals surface area contributed by atoms with Gasteiger partial charge < -0.3 is 28.6 Å². The number of allylic oxidation sites excluding steroid dienone is 2. The summed E-state index contributed by atoms with van der Waals surface area (Å²) in [5.41, 5.74) is 0. The van der Waals surface area contributed by atoms with Crippen LogP contribution < -0.4 is 5.11 Å². The predicted molar refractivity (Wildman–Crippen MR) is 157 cm³/mol. The minimum atomic E-state index is -1.13. The van der Waals surface area contributed by atoms with Gasteiger partial charge in [0.05, 0.1) is 40.3 Å². The summed E-state index contributed by atoms with van der Waals surface area (Å²) in [7, 11) is 5.36. The molecule has 0 spiro atoms. The van der Waals surface area contributed by atoms with E-state index in [0.29, 0.717) is 12.8 Å². The van der Waals surface area contributed by atoms with E-state index in [1.165, 1.54) is 38.5 Å². The average Bonchev–Trinajstić information content (AvgIpc) is 2.88. The van der Waals surface area contributed by atoms with Crippen LogP contribution in [0.15, 0.2) is 12.2 Å². The Morgan fingerprint density at radius 2 is 1.25 bits per heavy atom. The van der Waals surface area contributed by atoms with E-state index in [0.717, 1.165) is 51.4 Å². The van der Waals surface area contributed by atoms with Crippen LogP contribution in [0.25, 0.3) is 0 Å². The zero-order chi connectivity index (χ0) is 30.1. The summed E-state index contributed by atoms with van der Waals surface area (Å²) in [6.45, 7) is 4.44. The van der Waals surface area contributed by atoms with Crippen molar-refractivity contribution in [1.29, 1.82) is 0 Å². The second-order valence-corrected chi connectivity index (χ2v) is 11.7. The third-order valence-corrected chi connectivity index (χ3v) is 6.90. The highest BCUT2D eigenvalue weighted by Gasteiger charge is 2.25. The third-order valence-electron chi connectivity index (χ3n) is 6.90. The standard InChI is InChI=1S/C32H59NO7/c1-6-8-10-11-12-13-14-15-16-17-18-19-21-23-31(35)40-28(27-39-30(34)22-20-9-7-2)26-38-25-24-29(32(36)37)33(3,4)5/h13-14,28-29H,6-12,15-27H2,1-5H3/b14-13-. The number of likely N-dealkylation sites (N-methyl/N-ethyl adjacent to an activating group) is 1. The van der Waals surface area contributed by atoms with Gasteiger partial charge in [-0.2, -0.15) is 0 Å². The van der Waals surface area contributed by atoms with Crippen molar-refractivity contribution in [1.82, 2.24) is 0 Å². The largest absolute Gasteiger partial charge is 0.544 e. The summed E-state index contributed by atoms with van der Waals surface area (Å²) in [5, 5.41) is 11.5. The lowest BCUT2D eigenvalue weighted by Crippen LogP contribution is -2.55. The molecule has 0 aliphatic heterocycles. The second-order valence-electron chi connectivity index (χ2n) is 11.7. The van der Waals surface area contributed by atoms with E-state index < -0.39 is 18.1 Å². The predicted octanol–water partition coefficient (Wildman–Crippen LogP) is 5.51. The Hall–Kier alpha value is -1.93. The minimum absolute atomic E-state index is 0.0387. The minimum Gasteiger partial charge on any atom is -0.544 e. The molecule has 0 bridgehead atoms. The van der Waals surface area contributed by atoms with E-state index in [1.807, 2.05) is 0 Å². The molecule has 0 aliphatic rings. The van der Waals surface area contributed by atoms with Gasteiger partial charge in [0.15, 0.2) is 6.10 Å². The van der Waals surface area contributed by atoms with Crippen LogP contribution in [-0.2, 0) is 28.6 Å². The fourth-order valence-corrected chi connectivity index (χ4v) is 4.36. The van der Waals surface area contributed by atoms with Crippen molar-refractivity contribution in [2.24, 2.45) is 0 Å². The molecule has 0 aliphatic carbocycles. The van der Waals surface area contributed by atoms with E-state index in [4.69, 9.17) is 14.2 Å². The number of hydrogen-bond acceptors (Lipinski definition) is 7. The maximum absolute atomic E-state index is 12.5. The molecule has 0 heterocycles. The number of carbonyl (C=O) groups is 3. The second kappa shape index (κ2) is 24.8. The smallest absolute Gasteiger partial charge is 0.306 e. The van der Waals surface area contributed by atoms with Crippen molar-refractivity contribution in [3.63, 3.8) is 0 Å². The van der Waals surface area contributed by atoms with Gasteiger partial charge >= 0.3 is 11.9 Å². The Labute approximate surface area is 244 Å². The fourth-order valence-electron chi connectivity index (χ4n) is 4.36. The first kappa shape index (κ1) is 38.1. The summed E-state index contributed by atoms with van der Waals surface area (Å²) < 4.78 is 16.8. The number of carboxylic acid groups (broad SMARTS) is 1. The molecular formula is C32H59NO7. The number of esters is 2. The Morgan fingerprint density at radius 3 is 1.85 bits per heavy atom. The van der Waals surface area contributed by atoms with E-state index in [2.05, 4.69) is 26.0 Å². The summed E-state index contributed by atoms with van der Waals surface area (Å²) in [6.07, 6.45) is 20.2. The number of aliphatic carboxylic acids is 1. The normalized spacial score (nSPS) is 13.3. The quantitative estimate of drug-likeness (QED) is 0.0556. The van der Waals surface area contributed by atoms with Crippen LogP contribution in [-0.4, -0.2) is 75.5 Å². The number of nitrogens with zero attached hydrogens (tertiary/aromatic N) is 1. The number of hydrogen-bond donors (Lipinski definition) is 0. The molecule has 0 radical (unpaired) electrons. The van der Waals surface area contributed by atoms with Crippen molar-refractivity contribution in [2.75, 3.05) is 41.0 Å². The highest BCUT2D eigenvalue weighted by atomic mass is 16.6. The molecule has 0 aromatic carbocycles. The number of unbranched alkanes of at least 4 members (excludes halogenated alkanes) is 11. The van der Waals surface area contributed by atoms with Gasteiger partial charge in [-0.3, -0.25) is 9.59 Å². The molecule has 8 nitrogen and oxygen atoms in total. The number of quaternary nitrogens is 1. The number of carboxylic acids is 1. The number of carbonyl (C=O) groups excluding carboxylic acids is 3. The van der Waals surface area contributed by atoms with Crippen molar-refractivity contribution in [2.45, 2.75) is 135 Å². The molecular weight excluding hydrogens is 510 g/mol. The molecule has 0 rings (SSSR count). The highest BCUT2D eigenvalue weighted by molar-refractivity contribution is 5.70. The Balaban J connectivity index is 4.37. The summed E-state index contributed by atoms with van der Waals surface area (Å²) in [6, 6.07) is -0.719. The molecule has 0 saturated heterocycles. The van der Waals surface area contributed by atoms with Crippen LogP contribution in [0.2, 0.25) is 0 Å². The maximum Gasteiger partial charge on any atom is 0.306 e. The number of rotatable bonds is 27.